The van der Waals surface area contributed by atoms with Gasteiger partial charge in [-0.15, -0.1) is 0 Å². The Labute approximate surface area is 159 Å². The van der Waals surface area contributed by atoms with Crippen molar-refractivity contribution in [3.05, 3.63) is 41.1 Å². The second-order valence-corrected chi connectivity index (χ2v) is 7.15. The molecule has 1 aromatic carbocycles. The Morgan fingerprint density at radius 3 is 2.67 bits per heavy atom. The molecule has 0 spiro atoms. The molecule has 7 heteroatoms. The van der Waals surface area contributed by atoms with Gasteiger partial charge in [0, 0.05) is 12.2 Å². The van der Waals surface area contributed by atoms with Crippen LogP contribution in [0.1, 0.15) is 31.4 Å². The molecule has 2 heterocycles. The summed E-state index contributed by atoms with van der Waals surface area (Å²) in [4.78, 5) is 27.2. The van der Waals surface area contributed by atoms with Gasteiger partial charge in [0.15, 0.2) is 0 Å². The van der Waals surface area contributed by atoms with E-state index in [-0.39, 0.29) is 6.03 Å². The average molecular weight is 373 g/mol. The summed E-state index contributed by atoms with van der Waals surface area (Å²) >= 11 is 0. The number of methoxy groups -OCH3 is 2. The lowest BCUT2D eigenvalue weighted by Gasteiger charge is -2.34. The molecule has 3 rings (SSSR count). The van der Waals surface area contributed by atoms with E-state index in [1.54, 1.807) is 7.11 Å². The number of carbonyl (C=O) groups excluding carboxylic acids is 2. The van der Waals surface area contributed by atoms with Crippen molar-refractivity contribution in [2.75, 3.05) is 33.9 Å². The summed E-state index contributed by atoms with van der Waals surface area (Å²) in [7, 11) is 2.94. The van der Waals surface area contributed by atoms with Gasteiger partial charge in [0.05, 0.1) is 25.8 Å². The fourth-order valence-corrected chi connectivity index (χ4v) is 3.61. The first-order chi connectivity index (χ1) is 13.0. The molecule has 1 saturated heterocycles. The number of piperidine rings is 1. The Balaban J connectivity index is 1.95. The molecule has 2 N–H and O–H groups in total. The molecule has 1 aromatic rings. The molecule has 0 saturated carbocycles. The first kappa shape index (κ1) is 19.2. The molecule has 7 nitrogen and oxygen atoms in total. The van der Waals surface area contributed by atoms with Gasteiger partial charge in [-0.25, -0.2) is 9.59 Å². The number of hydrogen-bond acceptors (Lipinski definition) is 5. The summed E-state index contributed by atoms with van der Waals surface area (Å²) in [6.45, 7) is 4.67. The van der Waals surface area contributed by atoms with Crippen molar-refractivity contribution in [1.29, 1.82) is 0 Å². The highest BCUT2D eigenvalue weighted by atomic mass is 16.5. The Bertz CT molecular complexity index is 738. The molecule has 2 aliphatic rings. The molecule has 1 atom stereocenters. The number of urea groups is 1. The Morgan fingerprint density at radius 1 is 1.26 bits per heavy atom. The number of ether oxygens (including phenoxy) is 2. The van der Waals surface area contributed by atoms with Crippen LogP contribution in [-0.2, 0) is 9.53 Å². The molecule has 1 fully saturated rings. The molecule has 0 radical (unpaired) electrons. The maximum Gasteiger partial charge on any atom is 0.338 e. The molecular weight excluding hydrogens is 346 g/mol. The molecule has 146 valence electrons. The number of nitrogens with zero attached hydrogens (tertiary/aromatic N) is 1. The van der Waals surface area contributed by atoms with Gasteiger partial charge in [-0.2, -0.15) is 0 Å². The number of amides is 2. The van der Waals surface area contributed by atoms with Crippen molar-refractivity contribution < 1.29 is 19.1 Å². The van der Waals surface area contributed by atoms with E-state index in [1.165, 1.54) is 7.11 Å². The van der Waals surface area contributed by atoms with Crippen molar-refractivity contribution in [2.24, 2.45) is 5.92 Å². The highest BCUT2D eigenvalue weighted by Gasteiger charge is 2.34. The highest BCUT2D eigenvalue weighted by molar-refractivity contribution is 5.95. The van der Waals surface area contributed by atoms with Crippen molar-refractivity contribution in [3.8, 4) is 5.75 Å². The monoisotopic (exact) mass is 373 g/mol. The lowest BCUT2D eigenvalue weighted by Crippen LogP contribution is -2.49. The summed E-state index contributed by atoms with van der Waals surface area (Å²) < 4.78 is 10.3. The molecule has 2 aliphatic heterocycles. The molecular formula is C20H27N3O4. The standard InChI is InChI=1S/C20H27N3O4/c1-13-7-9-23(10-8-13)12-16-17(19(24)27-3)18(22-20(25)21-16)14-5-4-6-15(11-14)26-2/h4-6,11,13,18H,7-10,12H2,1-3H3,(H2,21,22,25)/t18-/m1/s1. The summed E-state index contributed by atoms with van der Waals surface area (Å²) in [6, 6.07) is 6.43. The first-order valence-electron chi connectivity index (χ1n) is 9.27. The maximum absolute atomic E-state index is 12.6. The maximum atomic E-state index is 12.6. The zero-order valence-corrected chi connectivity index (χ0v) is 16.1. The zero-order chi connectivity index (χ0) is 19.4. The SMILES string of the molecule is COC(=O)C1=C(CN2CCC(C)CC2)NC(=O)N[C@@H]1c1cccc(OC)c1. The minimum absolute atomic E-state index is 0.323. The number of rotatable bonds is 5. The van der Waals surface area contributed by atoms with Crippen molar-refractivity contribution in [2.45, 2.75) is 25.8 Å². The van der Waals surface area contributed by atoms with Crippen molar-refractivity contribution >= 4 is 12.0 Å². The Hall–Kier alpha value is -2.54. The van der Waals surface area contributed by atoms with Gasteiger partial charge >= 0.3 is 12.0 Å². The van der Waals surface area contributed by atoms with Gasteiger partial charge in [0.1, 0.15) is 5.75 Å². The zero-order valence-electron chi connectivity index (χ0n) is 16.1. The quantitative estimate of drug-likeness (QED) is 0.774. The van der Waals surface area contributed by atoms with Gasteiger partial charge in [0.2, 0.25) is 0 Å². The van der Waals surface area contributed by atoms with Crippen LogP contribution < -0.4 is 15.4 Å². The van der Waals surface area contributed by atoms with E-state index < -0.39 is 12.0 Å². The van der Waals surface area contributed by atoms with Crippen LogP contribution in [0.25, 0.3) is 0 Å². The van der Waals surface area contributed by atoms with E-state index in [0.29, 0.717) is 29.5 Å². The van der Waals surface area contributed by atoms with Crippen LogP contribution in [0.15, 0.2) is 35.5 Å². The van der Waals surface area contributed by atoms with E-state index in [2.05, 4.69) is 22.5 Å². The minimum atomic E-state index is -0.583. The van der Waals surface area contributed by atoms with Crippen LogP contribution in [-0.4, -0.2) is 50.8 Å². The predicted octanol–water partition coefficient (Wildman–Crippen LogP) is 2.21. The summed E-state index contributed by atoms with van der Waals surface area (Å²) in [5.41, 5.74) is 1.81. The lowest BCUT2D eigenvalue weighted by molar-refractivity contribution is -0.136. The number of likely N-dealkylation sites (tertiary alicyclic amines) is 1. The van der Waals surface area contributed by atoms with Crippen LogP contribution in [0.4, 0.5) is 4.79 Å². The van der Waals surface area contributed by atoms with Crippen LogP contribution in [0.2, 0.25) is 0 Å². The Morgan fingerprint density at radius 2 is 2.00 bits per heavy atom. The Kier molecular flexibility index (Phi) is 6.01. The summed E-state index contributed by atoms with van der Waals surface area (Å²) in [6.07, 6.45) is 2.23. The van der Waals surface area contributed by atoms with Gasteiger partial charge in [-0.3, -0.25) is 4.90 Å². The van der Waals surface area contributed by atoms with Crippen LogP contribution in [0.5, 0.6) is 5.75 Å². The molecule has 0 unspecified atom stereocenters. The number of benzene rings is 1. The third-order valence-corrected chi connectivity index (χ3v) is 5.24. The largest absolute Gasteiger partial charge is 0.497 e. The third kappa shape index (κ3) is 4.42. The number of nitrogens with one attached hydrogen (secondary N) is 2. The van der Waals surface area contributed by atoms with Gasteiger partial charge in [0.25, 0.3) is 0 Å². The van der Waals surface area contributed by atoms with E-state index in [9.17, 15) is 9.59 Å². The van der Waals surface area contributed by atoms with E-state index in [1.807, 2.05) is 24.3 Å². The van der Waals surface area contributed by atoms with E-state index in [4.69, 9.17) is 9.47 Å². The van der Waals surface area contributed by atoms with Crippen LogP contribution >= 0.6 is 0 Å². The molecule has 0 aromatic heterocycles. The fourth-order valence-electron chi connectivity index (χ4n) is 3.61. The topological polar surface area (TPSA) is 79.9 Å². The van der Waals surface area contributed by atoms with Crippen molar-refractivity contribution in [3.63, 3.8) is 0 Å². The van der Waals surface area contributed by atoms with Gasteiger partial charge < -0.3 is 20.1 Å². The number of esters is 1. The summed E-state index contributed by atoms with van der Waals surface area (Å²) in [5, 5.41) is 5.67. The van der Waals surface area contributed by atoms with Crippen LogP contribution in [0, 0.1) is 5.92 Å². The molecule has 2 amide bonds. The second-order valence-electron chi connectivity index (χ2n) is 7.15. The van der Waals surface area contributed by atoms with Gasteiger partial charge in [-0.1, -0.05) is 19.1 Å². The number of carbonyl (C=O) groups is 2. The minimum Gasteiger partial charge on any atom is -0.497 e. The smallest absolute Gasteiger partial charge is 0.338 e. The normalized spacial score (nSPS) is 21.4. The first-order valence-corrected chi connectivity index (χ1v) is 9.27. The highest BCUT2D eigenvalue weighted by Crippen LogP contribution is 2.30. The van der Waals surface area contributed by atoms with Crippen molar-refractivity contribution in [1.82, 2.24) is 15.5 Å². The van der Waals surface area contributed by atoms with E-state index >= 15 is 0 Å². The number of hydrogen-bond donors (Lipinski definition) is 2. The van der Waals surface area contributed by atoms with Crippen LogP contribution in [0.3, 0.4) is 0 Å². The average Bonchev–Trinajstić information content (AvgIpc) is 2.68. The molecule has 0 bridgehead atoms. The molecule has 27 heavy (non-hydrogen) atoms. The fraction of sp³-hybridized carbons (Fsp3) is 0.500. The lowest BCUT2D eigenvalue weighted by atomic mass is 9.94. The van der Waals surface area contributed by atoms with E-state index in [0.717, 1.165) is 31.5 Å². The second kappa shape index (κ2) is 8.43. The predicted molar refractivity (Wildman–Crippen MR) is 101 cm³/mol. The third-order valence-electron chi connectivity index (χ3n) is 5.24. The van der Waals surface area contributed by atoms with Gasteiger partial charge in [-0.05, 0) is 49.5 Å². The summed E-state index contributed by atoms with van der Waals surface area (Å²) in [5.74, 6) is 0.925. The molecule has 0 aliphatic carbocycles.